The van der Waals surface area contributed by atoms with Gasteiger partial charge in [0.15, 0.2) is 0 Å². The average Bonchev–Trinajstić information content (AvgIpc) is 2.58. The topological polar surface area (TPSA) is 58.6 Å². The monoisotopic (exact) mass is 310 g/mol. The molecule has 0 radical (unpaired) electrons. The summed E-state index contributed by atoms with van der Waals surface area (Å²) in [6.07, 6.45) is 0. The number of amides is 1. The molecule has 23 heavy (non-hydrogen) atoms. The number of carbonyl (C=O) groups excluding carboxylic acids is 2. The van der Waals surface area contributed by atoms with Gasteiger partial charge in [0.05, 0.1) is 12.6 Å². The van der Waals surface area contributed by atoms with Crippen LogP contribution in [0.3, 0.4) is 0 Å². The molecule has 1 amide bonds. The molecule has 1 N–H and O–H groups in total. The minimum absolute atomic E-state index is 0.121. The summed E-state index contributed by atoms with van der Waals surface area (Å²) in [5.74, 6) is -0.769. The first-order chi connectivity index (χ1) is 11.2. The van der Waals surface area contributed by atoms with Crippen molar-refractivity contribution in [2.45, 2.75) is 19.0 Å². The van der Waals surface area contributed by atoms with E-state index in [1.165, 1.54) is 12.0 Å². The van der Waals surface area contributed by atoms with E-state index in [2.05, 4.69) is 5.32 Å². The first-order valence-corrected chi connectivity index (χ1v) is 7.50. The molecule has 118 valence electrons. The smallest absolute Gasteiger partial charge is 0.329 e. The molecule has 1 heterocycles. The summed E-state index contributed by atoms with van der Waals surface area (Å²) in [6.45, 7) is 1.42. The molecule has 0 aliphatic carbocycles. The summed E-state index contributed by atoms with van der Waals surface area (Å²) >= 11 is 0. The van der Waals surface area contributed by atoms with Gasteiger partial charge in [0.1, 0.15) is 6.04 Å². The molecule has 3 rings (SSSR count). The second-order valence-corrected chi connectivity index (χ2v) is 5.43. The largest absolute Gasteiger partial charge is 0.338 e. The van der Waals surface area contributed by atoms with Gasteiger partial charge in [-0.2, -0.15) is 5.06 Å². The standard InChI is InChI=1S/C18H18N2O3/c1-13(21)23-20-16(22)12-19-17(14-8-4-2-5-9-14)18(20)15-10-6-3-7-11-15/h2-11,17-19H,12H2,1H3. The van der Waals surface area contributed by atoms with E-state index in [0.29, 0.717) is 0 Å². The van der Waals surface area contributed by atoms with Gasteiger partial charge in [-0.1, -0.05) is 60.7 Å². The second-order valence-electron chi connectivity index (χ2n) is 5.43. The third-order valence-electron chi connectivity index (χ3n) is 3.81. The van der Waals surface area contributed by atoms with Gasteiger partial charge in [0.2, 0.25) is 0 Å². The number of piperazine rings is 1. The van der Waals surface area contributed by atoms with Crippen LogP contribution in [0.1, 0.15) is 30.1 Å². The quantitative estimate of drug-likeness (QED) is 0.945. The summed E-state index contributed by atoms with van der Waals surface area (Å²) < 4.78 is 0. The highest BCUT2D eigenvalue weighted by Crippen LogP contribution is 2.36. The summed E-state index contributed by atoms with van der Waals surface area (Å²) in [7, 11) is 0. The van der Waals surface area contributed by atoms with Crippen LogP contribution in [0.15, 0.2) is 60.7 Å². The van der Waals surface area contributed by atoms with Crippen molar-refractivity contribution in [1.29, 1.82) is 0 Å². The maximum atomic E-state index is 12.3. The number of rotatable bonds is 3. The van der Waals surface area contributed by atoms with E-state index >= 15 is 0 Å². The molecule has 1 aliphatic heterocycles. The van der Waals surface area contributed by atoms with Crippen molar-refractivity contribution in [2.24, 2.45) is 0 Å². The van der Waals surface area contributed by atoms with Crippen LogP contribution >= 0.6 is 0 Å². The summed E-state index contributed by atoms with van der Waals surface area (Å²) in [5, 5.41) is 4.45. The fourth-order valence-corrected chi connectivity index (χ4v) is 2.86. The highest BCUT2D eigenvalue weighted by molar-refractivity contribution is 5.80. The van der Waals surface area contributed by atoms with Crippen molar-refractivity contribution in [3.05, 3.63) is 71.8 Å². The van der Waals surface area contributed by atoms with Crippen LogP contribution in [0, 0.1) is 0 Å². The van der Waals surface area contributed by atoms with Gasteiger partial charge >= 0.3 is 5.97 Å². The van der Waals surface area contributed by atoms with Crippen LogP contribution in [-0.2, 0) is 14.4 Å². The molecular weight excluding hydrogens is 292 g/mol. The average molecular weight is 310 g/mol. The van der Waals surface area contributed by atoms with Gasteiger partial charge in [-0.15, -0.1) is 0 Å². The van der Waals surface area contributed by atoms with Gasteiger partial charge in [0, 0.05) is 6.92 Å². The predicted molar refractivity (Wildman–Crippen MR) is 85.0 cm³/mol. The van der Waals surface area contributed by atoms with Crippen molar-refractivity contribution in [2.75, 3.05) is 6.54 Å². The van der Waals surface area contributed by atoms with Crippen LogP contribution in [0.2, 0.25) is 0 Å². The zero-order valence-electron chi connectivity index (χ0n) is 12.8. The zero-order valence-corrected chi connectivity index (χ0v) is 12.8. The number of nitrogens with zero attached hydrogens (tertiary/aromatic N) is 1. The molecule has 1 saturated heterocycles. The summed E-state index contributed by atoms with van der Waals surface area (Å²) in [5.41, 5.74) is 1.94. The lowest BCUT2D eigenvalue weighted by atomic mass is 9.91. The van der Waals surface area contributed by atoms with Crippen molar-refractivity contribution in [3.8, 4) is 0 Å². The van der Waals surface area contributed by atoms with Gasteiger partial charge < -0.3 is 4.84 Å². The predicted octanol–water partition coefficient (Wildman–Crippen LogP) is 2.38. The molecular formula is C18H18N2O3. The minimum atomic E-state index is -0.506. The van der Waals surface area contributed by atoms with E-state index in [9.17, 15) is 9.59 Å². The Bertz CT molecular complexity index is 688. The molecule has 0 bridgehead atoms. The number of hydrogen-bond acceptors (Lipinski definition) is 4. The van der Waals surface area contributed by atoms with Crippen molar-refractivity contribution < 1.29 is 14.4 Å². The molecule has 0 aromatic heterocycles. The van der Waals surface area contributed by atoms with Gasteiger partial charge in [-0.05, 0) is 11.1 Å². The Morgan fingerprint density at radius 1 is 1.04 bits per heavy atom. The van der Waals surface area contributed by atoms with E-state index in [1.807, 2.05) is 60.7 Å². The van der Waals surface area contributed by atoms with E-state index in [-0.39, 0.29) is 18.5 Å². The Balaban J connectivity index is 2.04. The van der Waals surface area contributed by atoms with Crippen LogP contribution in [0.5, 0.6) is 0 Å². The third-order valence-corrected chi connectivity index (χ3v) is 3.81. The molecule has 2 aromatic rings. The van der Waals surface area contributed by atoms with Crippen molar-refractivity contribution >= 4 is 11.9 Å². The van der Waals surface area contributed by atoms with Crippen LogP contribution < -0.4 is 5.32 Å². The number of hydroxylamine groups is 2. The van der Waals surface area contributed by atoms with E-state index in [4.69, 9.17) is 4.84 Å². The molecule has 2 aromatic carbocycles. The highest BCUT2D eigenvalue weighted by Gasteiger charge is 2.39. The van der Waals surface area contributed by atoms with Crippen LogP contribution in [0.25, 0.3) is 0 Å². The molecule has 2 atom stereocenters. The Kier molecular flexibility index (Phi) is 4.39. The summed E-state index contributed by atoms with van der Waals surface area (Å²) in [6, 6.07) is 18.8. The molecule has 0 saturated carbocycles. The van der Waals surface area contributed by atoms with E-state index in [1.54, 1.807) is 0 Å². The Labute approximate surface area is 134 Å². The molecule has 2 unspecified atom stereocenters. The fraction of sp³-hybridized carbons (Fsp3) is 0.222. The first kappa shape index (κ1) is 15.2. The minimum Gasteiger partial charge on any atom is -0.338 e. The first-order valence-electron chi connectivity index (χ1n) is 7.50. The summed E-state index contributed by atoms with van der Waals surface area (Å²) in [4.78, 5) is 28.9. The van der Waals surface area contributed by atoms with Gasteiger partial charge in [0.25, 0.3) is 5.91 Å². The fourth-order valence-electron chi connectivity index (χ4n) is 2.86. The number of benzene rings is 2. The van der Waals surface area contributed by atoms with E-state index in [0.717, 1.165) is 11.1 Å². The molecule has 1 aliphatic rings. The van der Waals surface area contributed by atoms with Crippen molar-refractivity contribution in [3.63, 3.8) is 0 Å². The maximum absolute atomic E-state index is 12.3. The molecule has 5 heteroatoms. The van der Waals surface area contributed by atoms with Crippen LogP contribution in [0.4, 0.5) is 0 Å². The molecule has 5 nitrogen and oxygen atoms in total. The number of hydrogen-bond donors (Lipinski definition) is 1. The van der Waals surface area contributed by atoms with Crippen molar-refractivity contribution in [1.82, 2.24) is 10.4 Å². The maximum Gasteiger partial charge on any atom is 0.329 e. The lowest BCUT2D eigenvalue weighted by molar-refractivity contribution is -0.213. The van der Waals surface area contributed by atoms with Gasteiger partial charge in [-0.3, -0.25) is 14.9 Å². The zero-order chi connectivity index (χ0) is 16.2. The van der Waals surface area contributed by atoms with Crippen LogP contribution in [-0.4, -0.2) is 23.5 Å². The Hall–Kier alpha value is -2.66. The Morgan fingerprint density at radius 3 is 2.17 bits per heavy atom. The third kappa shape index (κ3) is 3.24. The Morgan fingerprint density at radius 2 is 1.61 bits per heavy atom. The lowest BCUT2D eigenvalue weighted by Crippen LogP contribution is -2.52. The van der Waals surface area contributed by atoms with Gasteiger partial charge in [-0.25, -0.2) is 0 Å². The highest BCUT2D eigenvalue weighted by atomic mass is 16.7. The second kappa shape index (κ2) is 6.62. The van der Waals surface area contributed by atoms with E-state index < -0.39 is 12.0 Å². The molecule has 0 spiro atoms. The number of carbonyl (C=O) groups is 2. The normalized spacial score (nSPS) is 21.1. The molecule has 1 fully saturated rings. The SMILES string of the molecule is CC(=O)ON1C(=O)CNC(c2ccccc2)C1c1ccccc1. The number of nitrogens with one attached hydrogen (secondary N) is 1. The lowest BCUT2D eigenvalue weighted by Gasteiger charge is -2.40.